The molecule has 0 saturated heterocycles. The van der Waals surface area contributed by atoms with Crippen molar-refractivity contribution in [1.29, 1.82) is 0 Å². The minimum absolute atomic E-state index is 0.235. The van der Waals surface area contributed by atoms with Gasteiger partial charge in [-0.1, -0.05) is 25.5 Å². The molecule has 1 rings (SSSR count). The maximum absolute atomic E-state index is 5.92. The molecule has 5 nitrogen and oxygen atoms in total. The van der Waals surface area contributed by atoms with Gasteiger partial charge in [0.2, 0.25) is 0 Å². The molecule has 0 radical (unpaired) electrons. The van der Waals surface area contributed by atoms with Gasteiger partial charge in [-0.05, 0) is 64.7 Å². The van der Waals surface area contributed by atoms with Crippen LogP contribution in [-0.2, 0) is 24.4 Å². The van der Waals surface area contributed by atoms with Crippen LogP contribution in [0.15, 0.2) is 24.3 Å². The fraction of sp³-hybridized carbons (Fsp3) is 0.714. The highest BCUT2D eigenvalue weighted by Gasteiger charge is 2.39. The predicted octanol–water partition coefficient (Wildman–Crippen LogP) is 5.21. The van der Waals surface area contributed by atoms with E-state index in [4.69, 9.17) is 22.8 Å². The Morgan fingerprint density at radius 2 is 1.59 bits per heavy atom. The molecule has 156 valence electrons. The highest BCUT2D eigenvalue weighted by Crippen LogP contribution is 2.22. The van der Waals surface area contributed by atoms with Gasteiger partial charge in [-0.2, -0.15) is 0 Å². The molecular formula is C21H38O5Si. The number of aryl methyl sites for hydroxylation is 1. The topological polar surface area (TPSA) is 46.2 Å². The van der Waals surface area contributed by atoms with E-state index >= 15 is 0 Å². The Bertz CT molecular complexity index is 480. The largest absolute Gasteiger partial charge is 0.500 e. The average molecular weight is 399 g/mol. The lowest BCUT2D eigenvalue weighted by atomic mass is 10.1. The zero-order chi connectivity index (χ0) is 20.0. The monoisotopic (exact) mass is 398 g/mol. The van der Waals surface area contributed by atoms with Gasteiger partial charge in [0.1, 0.15) is 5.75 Å². The van der Waals surface area contributed by atoms with E-state index in [9.17, 15) is 0 Å². The molecule has 0 aliphatic carbocycles. The zero-order valence-corrected chi connectivity index (χ0v) is 18.8. The molecular weight excluding hydrogens is 360 g/mol. The quantitative estimate of drug-likeness (QED) is 0.217. The predicted molar refractivity (Wildman–Crippen MR) is 111 cm³/mol. The van der Waals surface area contributed by atoms with E-state index in [1.165, 1.54) is 5.56 Å². The Morgan fingerprint density at radius 3 is 2.19 bits per heavy atom. The molecule has 0 aliphatic heterocycles. The van der Waals surface area contributed by atoms with Crippen molar-refractivity contribution >= 4 is 8.80 Å². The number of benzene rings is 1. The molecule has 0 heterocycles. The molecule has 0 N–H and O–H groups in total. The number of rotatable bonds is 16. The summed E-state index contributed by atoms with van der Waals surface area (Å²) in [5, 5.41) is 0. The van der Waals surface area contributed by atoms with Gasteiger partial charge in [-0.15, -0.1) is 0 Å². The van der Waals surface area contributed by atoms with Crippen LogP contribution in [0.25, 0.3) is 0 Å². The molecule has 1 unspecified atom stereocenters. The molecule has 1 aromatic rings. The van der Waals surface area contributed by atoms with E-state index in [1.54, 1.807) is 0 Å². The van der Waals surface area contributed by atoms with Crippen molar-refractivity contribution in [3.63, 3.8) is 0 Å². The van der Waals surface area contributed by atoms with E-state index in [2.05, 4.69) is 19.1 Å². The molecule has 0 amide bonds. The normalized spacial score (nSPS) is 12.9. The third-order valence-corrected chi connectivity index (χ3v) is 7.24. The first-order valence-electron chi connectivity index (χ1n) is 10.4. The van der Waals surface area contributed by atoms with Crippen molar-refractivity contribution in [2.45, 2.75) is 72.6 Å². The summed E-state index contributed by atoms with van der Waals surface area (Å²) in [6, 6.07) is 9.04. The first kappa shape index (κ1) is 24.1. The van der Waals surface area contributed by atoms with Crippen LogP contribution in [0.1, 0.15) is 59.4 Å². The van der Waals surface area contributed by atoms with Crippen molar-refractivity contribution in [2.75, 3.05) is 26.4 Å². The Kier molecular flexibility index (Phi) is 12.6. The summed E-state index contributed by atoms with van der Waals surface area (Å²) in [5.74, 6) is 0.847. The van der Waals surface area contributed by atoms with Crippen LogP contribution < -0.4 is 4.74 Å². The first-order chi connectivity index (χ1) is 13.1. The van der Waals surface area contributed by atoms with Gasteiger partial charge >= 0.3 is 8.80 Å². The van der Waals surface area contributed by atoms with Crippen LogP contribution in [0, 0.1) is 0 Å². The molecule has 6 heteroatoms. The van der Waals surface area contributed by atoms with Gasteiger partial charge in [0.25, 0.3) is 0 Å². The van der Waals surface area contributed by atoms with Crippen LogP contribution in [0.2, 0.25) is 6.04 Å². The third kappa shape index (κ3) is 9.71. The lowest BCUT2D eigenvalue weighted by molar-refractivity contribution is -0.0674. The Balaban J connectivity index is 2.55. The second-order valence-corrected chi connectivity index (χ2v) is 9.12. The standard InChI is InChI=1S/C21H38O5Si/c1-6-10-16-22-19(5)26-21-15-11-13-20(18-21)14-12-17-27(23-7-2,24-8-3)25-9-4/h11,13,15,18-19H,6-10,12,14,16-17H2,1-5H3. The Labute approximate surface area is 166 Å². The number of ether oxygens (including phenoxy) is 2. The Hall–Kier alpha value is -0.923. The maximum Gasteiger partial charge on any atom is 0.500 e. The van der Waals surface area contributed by atoms with Crippen LogP contribution in [0.5, 0.6) is 5.75 Å². The maximum atomic E-state index is 5.92. The van der Waals surface area contributed by atoms with Gasteiger partial charge in [0.15, 0.2) is 6.29 Å². The fourth-order valence-corrected chi connectivity index (χ4v) is 5.52. The lowest BCUT2D eigenvalue weighted by Gasteiger charge is -2.28. The zero-order valence-electron chi connectivity index (χ0n) is 17.8. The highest BCUT2D eigenvalue weighted by molar-refractivity contribution is 6.60. The van der Waals surface area contributed by atoms with Gasteiger partial charge in [-0.25, -0.2) is 0 Å². The van der Waals surface area contributed by atoms with Gasteiger partial charge in [0, 0.05) is 25.9 Å². The van der Waals surface area contributed by atoms with Gasteiger partial charge < -0.3 is 22.8 Å². The van der Waals surface area contributed by atoms with Crippen molar-refractivity contribution < 1.29 is 22.8 Å². The fourth-order valence-electron chi connectivity index (χ4n) is 2.90. The van der Waals surface area contributed by atoms with E-state index < -0.39 is 8.80 Å². The van der Waals surface area contributed by atoms with Crippen molar-refractivity contribution in [2.24, 2.45) is 0 Å². The van der Waals surface area contributed by atoms with Crippen molar-refractivity contribution in [3.05, 3.63) is 29.8 Å². The summed E-state index contributed by atoms with van der Waals surface area (Å²) in [6.45, 7) is 12.6. The summed E-state index contributed by atoms with van der Waals surface area (Å²) in [4.78, 5) is 0. The number of unbranched alkanes of at least 4 members (excludes halogenated alkanes) is 1. The second-order valence-electron chi connectivity index (χ2n) is 6.39. The van der Waals surface area contributed by atoms with Crippen molar-refractivity contribution in [3.8, 4) is 5.75 Å². The molecule has 0 bridgehead atoms. The summed E-state index contributed by atoms with van der Waals surface area (Å²) in [6.07, 6.45) is 3.83. The molecule has 0 aromatic heterocycles. The molecule has 0 saturated carbocycles. The summed E-state index contributed by atoms with van der Waals surface area (Å²) in [7, 11) is -2.56. The summed E-state index contributed by atoms with van der Waals surface area (Å²) in [5.41, 5.74) is 1.24. The number of hydrogen-bond donors (Lipinski definition) is 0. The van der Waals surface area contributed by atoms with Crippen LogP contribution >= 0.6 is 0 Å². The first-order valence-corrected chi connectivity index (χ1v) is 12.3. The molecule has 0 fully saturated rings. The molecule has 27 heavy (non-hydrogen) atoms. The van der Waals surface area contributed by atoms with E-state index in [0.29, 0.717) is 19.8 Å². The van der Waals surface area contributed by atoms with Crippen molar-refractivity contribution in [1.82, 2.24) is 0 Å². The molecule has 0 aliphatic rings. The van der Waals surface area contributed by atoms with E-state index in [1.807, 2.05) is 39.8 Å². The molecule has 0 spiro atoms. The lowest BCUT2D eigenvalue weighted by Crippen LogP contribution is -2.46. The third-order valence-electron chi connectivity index (χ3n) is 4.09. The summed E-state index contributed by atoms with van der Waals surface area (Å²) < 4.78 is 29.3. The minimum Gasteiger partial charge on any atom is -0.465 e. The summed E-state index contributed by atoms with van der Waals surface area (Å²) >= 11 is 0. The second kappa shape index (κ2) is 14.1. The minimum atomic E-state index is -2.56. The van der Waals surface area contributed by atoms with Gasteiger partial charge in [0.05, 0.1) is 6.61 Å². The Morgan fingerprint density at radius 1 is 0.926 bits per heavy atom. The average Bonchev–Trinajstić information content (AvgIpc) is 2.63. The van der Waals surface area contributed by atoms with E-state index in [-0.39, 0.29) is 6.29 Å². The van der Waals surface area contributed by atoms with Crippen LogP contribution in [0.3, 0.4) is 0 Å². The number of hydrogen-bond acceptors (Lipinski definition) is 5. The van der Waals surface area contributed by atoms with Crippen LogP contribution in [-0.4, -0.2) is 41.5 Å². The van der Waals surface area contributed by atoms with Gasteiger partial charge in [-0.3, -0.25) is 0 Å². The highest BCUT2D eigenvalue weighted by atomic mass is 28.4. The SMILES string of the molecule is CCCCOC(C)Oc1cccc(CCC[Si](OCC)(OCC)OCC)c1. The molecule has 1 atom stereocenters. The molecule has 1 aromatic carbocycles. The smallest absolute Gasteiger partial charge is 0.465 e. The van der Waals surface area contributed by atoms with Crippen LogP contribution in [0.4, 0.5) is 0 Å². The van der Waals surface area contributed by atoms with E-state index in [0.717, 1.165) is 44.1 Å².